The summed E-state index contributed by atoms with van der Waals surface area (Å²) in [6, 6.07) is 16.7. The van der Waals surface area contributed by atoms with E-state index >= 15 is 0 Å². The largest absolute Gasteiger partial charge is 0.497 e. The summed E-state index contributed by atoms with van der Waals surface area (Å²) < 4.78 is 37.1. The van der Waals surface area contributed by atoms with E-state index in [2.05, 4.69) is 42.2 Å². The average Bonchev–Trinajstić information content (AvgIpc) is 3.59. The second-order valence-electron chi connectivity index (χ2n) is 8.57. The molecule has 1 heterocycles. The first-order chi connectivity index (χ1) is 15.9. The van der Waals surface area contributed by atoms with Crippen LogP contribution in [0, 0.1) is 5.92 Å². The Bertz CT molecular complexity index is 1120. The summed E-state index contributed by atoms with van der Waals surface area (Å²) in [5.41, 5.74) is 9.15. The maximum Gasteiger partial charge on any atom is 0.490 e. The molecule has 0 aromatic heterocycles. The molecule has 3 atom stereocenters. The fourth-order valence-electron chi connectivity index (χ4n) is 4.14. The molecular formula is C24H26F3N3O4. The Labute approximate surface area is 195 Å². The van der Waals surface area contributed by atoms with Gasteiger partial charge in [0.2, 0.25) is 5.91 Å². The topological polar surface area (TPSA) is 105 Å². The van der Waals surface area contributed by atoms with Gasteiger partial charge in [0.15, 0.2) is 5.96 Å². The van der Waals surface area contributed by atoms with Crippen molar-refractivity contribution in [3.8, 4) is 16.9 Å². The van der Waals surface area contributed by atoms with E-state index < -0.39 is 17.7 Å². The van der Waals surface area contributed by atoms with E-state index in [0.717, 1.165) is 17.7 Å². The van der Waals surface area contributed by atoms with Crippen LogP contribution in [0.25, 0.3) is 11.1 Å². The first-order valence-electron chi connectivity index (χ1n) is 10.5. The molecule has 1 aliphatic heterocycles. The highest BCUT2D eigenvalue weighted by Gasteiger charge is 2.53. The zero-order valence-electron chi connectivity index (χ0n) is 19.0. The summed E-state index contributed by atoms with van der Waals surface area (Å²) in [6.07, 6.45) is -3.63. The van der Waals surface area contributed by atoms with Crippen LogP contribution in [0.2, 0.25) is 0 Å². The maximum atomic E-state index is 12.2. The van der Waals surface area contributed by atoms with Crippen molar-refractivity contribution in [2.24, 2.45) is 16.6 Å². The van der Waals surface area contributed by atoms with Crippen LogP contribution < -0.4 is 10.5 Å². The number of carboxylic acids is 1. The van der Waals surface area contributed by atoms with Gasteiger partial charge >= 0.3 is 12.1 Å². The predicted molar refractivity (Wildman–Crippen MR) is 120 cm³/mol. The third-order valence-corrected chi connectivity index (χ3v) is 6.15. The van der Waals surface area contributed by atoms with Crippen LogP contribution in [0.5, 0.6) is 5.75 Å². The standard InChI is InChI=1S/C22H25N3O2.C2HF3O2/c1-22(13-20(26)25(2)21(23)24-22)19-12-18(19)16-8-4-6-14(10-16)15-7-5-9-17(11-15)27-3;3-2(4,5)1(6)7/h4-11,18-19H,12-13H2,1-3H3,(H2,23,24);(H,6,7)/t18-,19+,22-;/m0./s1. The molecule has 4 rings (SSSR count). The highest BCUT2D eigenvalue weighted by Crippen LogP contribution is 2.56. The number of amides is 1. The van der Waals surface area contributed by atoms with Gasteiger partial charge in [-0.2, -0.15) is 13.2 Å². The van der Waals surface area contributed by atoms with Gasteiger partial charge in [0.1, 0.15) is 5.75 Å². The lowest BCUT2D eigenvalue weighted by Crippen LogP contribution is -2.49. The van der Waals surface area contributed by atoms with E-state index in [1.165, 1.54) is 16.0 Å². The molecule has 0 bridgehead atoms. The van der Waals surface area contributed by atoms with Crippen molar-refractivity contribution in [2.75, 3.05) is 14.2 Å². The molecule has 3 N–H and O–H groups in total. The molecule has 0 saturated heterocycles. The molecule has 34 heavy (non-hydrogen) atoms. The molecule has 2 aromatic rings. The minimum Gasteiger partial charge on any atom is -0.497 e. The molecule has 1 amide bonds. The number of hydrogen-bond acceptors (Lipinski definition) is 5. The fraction of sp³-hybridized carbons (Fsp3) is 0.375. The normalized spacial score (nSPS) is 24.0. The molecule has 2 aromatic carbocycles. The zero-order chi connectivity index (χ0) is 25.3. The number of carbonyl (C=O) groups is 2. The second-order valence-corrected chi connectivity index (χ2v) is 8.57. The van der Waals surface area contributed by atoms with Crippen LogP contribution in [0.3, 0.4) is 0 Å². The van der Waals surface area contributed by atoms with Gasteiger partial charge in [0, 0.05) is 7.05 Å². The molecule has 1 saturated carbocycles. The third-order valence-electron chi connectivity index (χ3n) is 6.15. The minimum absolute atomic E-state index is 0.0424. The number of carbonyl (C=O) groups excluding carboxylic acids is 1. The van der Waals surface area contributed by atoms with Crippen molar-refractivity contribution in [2.45, 2.75) is 37.4 Å². The molecule has 182 valence electrons. The molecule has 1 fully saturated rings. The monoisotopic (exact) mass is 477 g/mol. The van der Waals surface area contributed by atoms with Gasteiger partial charge < -0.3 is 15.6 Å². The summed E-state index contributed by atoms with van der Waals surface area (Å²) >= 11 is 0. The molecule has 0 spiro atoms. The van der Waals surface area contributed by atoms with Gasteiger partial charge in [-0.1, -0.05) is 36.4 Å². The number of rotatable bonds is 4. The summed E-state index contributed by atoms with van der Waals surface area (Å²) in [7, 11) is 3.36. The number of aliphatic imine (C=N–C) groups is 1. The third kappa shape index (κ3) is 5.49. The first-order valence-corrected chi connectivity index (χ1v) is 10.5. The van der Waals surface area contributed by atoms with Gasteiger partial charge in [-0.05, 0) is 54.0 Å². The average molecular weight is 477 g/mol. The quantitative estimate of drug-likeness (QED) is 0.692. The fourth-order valence-corrected chi connectivity index (χ4v) is 4.14. The number of halogens is 3. The summed E-state index contributed by atoms with van der Waals surface area (Å²) in [4.78, 5) is 27.3. The Balaban J connectivity index is 0.000000406. The van der Waals surface area contributed by atoms with Crippen LogP contribution >= 0.6 is 0 Å². The van der Waals surface area contributed by atoms with Crippen molar-refractivity contribution in [3.05, 3.63) is 54.1 Å². The van der Waals surface area contributed by atoms with Crippen molar-refractivity contribution < 1.29 is 32.6 Å². The Morgan fingerprint density at radius 1 is 1.21 bits per heavy atom. The molecule has 0 unspecified atom stereocenters. The smallest absolute Gasteiger partial charge is 0.490 e. The number of nitrogens with zero attached hydrogens (tertiary/aromatic N) is 2. The lowest BCUT2D eigenvalue weighted by molar-refractivity contribution is -0.192. The van der Waals surface area contributed by atoms with E-state index in [9.17, 15) is 18.0 Å². The van der Waals surface area contributed by atoms with E-state index in [4.69, 9.17) is 20.4 Å². The summed E-state index contributed by atoms with van der Waals surface area (Å²) in [5, 5.41) is 7.12. The second kappa shape index (κ2) is 9.36. The summed E-state index contributed by atoms with van der Waals surface area (Å²) in [5.74, 6) is -0.787. The number of methoxy groups -OCH3 is 1. The van der Waals surface area contributed by atoms with E-state index in [0.29, 0.717) is 24.2 Å². The summed E-state index contributed by atoms with van der Waals surface area (Å²) in [6.45, 7) is 2.06. The molecular weight excluding hydrogens is 451 g/mol. The predicted octanol–water partition coefficient (Wildman–Crippen LogP) is 4.03. The highest BCUT2D eigenvalue weighted by atomic mass is 19.4. The molecule has 10 heteroatoms. The Kier molecular flexibility index (Phi) is 6.90. The highest BCUT2D eigenvalue weighted by molar-refractivity contribution is 5.98. The van der Waals surface area contributed by atoms with Gasteiger partial charge in [-0.25, -0.2) is 9.79 Å². The zero-order valence-corrected chi connectivity index (χ0v) is 19.0. The van der Waals surface area contributed by atoms with Crippen LogP contribution in [0.15, 0.2) is 53.5 Å². The molecule has 2 aliphatic rings. The number of aliphatic carboxylic acids is 1. The maximum absolute atomic E-state index is 12.2. The van der Waals surface area contributed by atoms with Crippen molar-refractivity contribution in [1.29, 1.82) is 0 Å². The van der Waals surface area contributed by atoms with E-state index in [-0.39, 0.29) is 5.91 Å². The molecule has 1 aliphatic carbocycles. The van der Waals surface area contributed by atoms with Gasteiger partial charge in [-0.3, -0.25) is 9.69 Å². The van der Waals surface area contributed by atoms with E-state index in [1.807, 2.05) is 18.2 Å². The Hall–Kier alpha value is -3.56. The lowest BCUT2D eigenvalue weighted by Gasteiger charge is -2.33. The van der Waals surface area contributed by atoms with Gasteiger partial charge in [-0.15, -0.1) is 0 Å². The number of hydrogen-bond donors (Lipinski definition) is 2. The van der Waals surface area contributed by atoms with Gasteiger partial charge in [0.05, 0.1) is 19.1 Å². The minimum atomic E-state index is -5.08. The lowest BCUT2D eigenvalue weighted by atomic mass is 9.87. The van der Waals surface area contributed by atoms with E-state index in [1.54, 1.807) is 14.2 Å². The Morgan fingerprint density at radius 2 is 1.79 bits per heavy atom. The SMILES string of the molecule is COc1cccc(-c2cccc([C@@H]3C[C@H]3[C@]3(C)CC(=O)N(C)C(N)=N3)c2)c1.O=C(O)C(F)(F)F. The number of guanidine groups is 1. The van der Waals surface area contributed by atoms with Crippen LogP contribution in [0.1, 0.15) is 31.2 Å². The van der Waals surface area contributed by atoms with Crippen molar-refractivity contribution in [3.63, 3.8) is 0 Å². The molecule has 7 nitrogen and oxygen atoms in total. The van der Waals surface area contributed by atoms with Crippen LogP contribution in [0.4, 0.5) is 13.2 Å². The van der Waals surface area contributed by atoms with Crippen molar-refractivity contribution in [1.82, 2.24) is 4.90 Å². The van der Waals surface area contributed by atoms with Crippen molar-refractivity contribution >= 4 is 17.8 Å². The number of nitrogens with two attached hydrogens (primary N) is 1. The number of alkyl halides is 3. The Morgan fingerprint density at radius 3 is 2.35 bits per heavy atom. The molecule has 0 radical (unpaired) electrons. The van der Waals surface area contributed by atoms with Gasteiger partial charge in [0.25, 0.3) is 0 Å². The van der Waals surface area contributed by atoms with Crippen LogP contribution in [-0.2, 0) is 9.59 Å². The van der Waals surface area contributed by atoms with Crippen LogP contribution in [-0.4, -0.2) is 53.7 Å². The number of benzene rings is 2. The number of carboxylic acid groups (broad SMARTS) is 1. The number of ether oxygens (including phenoxy) is 1. The first kappa shape index (κ1) is 25.1.